The molecule has 0 N–H and O–H groups in total. The van der Waals surface area contributed by atoms with E-state index in [0.29, 0.717) is 17.4 Å². The van der Waals surface area contributed by atoms with Crippen molar-refractivity contribution in [2.75, 3.05) is 0 Å². The second kappa shape index (κ2) is 6.35. The maximum absolute atomic E-state index is 11.5. The third-order valence-corrected chi connectivity index (χ3v) is 1.80. The molecule has 3 heteroatoms. The molecule has 0 aliphatic carbocycles. The summed E-state index contributed by atoms with van der Waals surface area (Å²) >= 11 is 0. The zero-order chi connectivity index (χ0) is 11.8. The van der Waals surface area contributed by atoms with Crippen LogP contribution in [0.5, 0.6) is 0 Å². The van der Waals surface area contributed by atoms with Crippen molar-refractivity contribution in [3.05, 3.63) is 59.9 Å². The molecule has 0 unspecified atom stereocenters. The quantitative estimate of drug-likeness (QED) is 0.255. The Morgan fingerprint density at radius 3 is 2.56 bits per heavy atom. The molecule has 0 bridgehead atoms. The molecule has 0 spiro atoms. The second-order valence-corrected chi connectivity index (χ2v) is 3.13. The summed E-state index contributed by atoms with van der Waals surface area (Å²) in [6.07, 6.45) is 4.87. The normalized spacial score (nSPS) is 11.4. The lowest BCUT2D eigenvalue weighted by Gasteiger charge is -1.99. The Kier molecular flexibility index (Phi) is 4.73. The highest BCUT2D eigenvalue weighted by Gasteiger charge is 2.03. The van der Waals surface area contributed by atoms with Gasteiger partial charge in [-0.1, -0.05) is 24.3 Å². The van der Waals surface area contributed by atoms with Gasteiger partial charge < -0.3 is 4.74 Å². The minimum Gasteiger partial charge on any atom is -0.431 e. The number of benzene rings is 1. The molecule has 0 saturated carbocycles. The lowest BCUT2D eigenvalue weighted by Crippen LogP contribution is -2.00. The van der Waals surface area contributed by atoms with Crippen LogP contribution in [0.4, 0.5) is 0 Å². The summed E-state index contributed by atoms with van der Waals surface area (Å²) in [7, 11) is 0. The molecule has 0 aromatic heterocycles. The maximum Gasteiger partial charge on any atom is 0.342 e. The van der Waals surface area contributed by atoms with Crippen molar-refractivity contribution in [3.8, 4) is 0 Å². The monoisotopic (exact) mass is 216 g/mol. The highest BCUT2D eigenvalue weighted by Crippen LogP contribution is 2.03. The van der Waals surface area contributed by atoms with Gasteiger partial charge in [0.2, 0.25) is 0 Å². The van der Waals surface area contributed by atoms with Crippen molar-refractivity contribution in [2.24, 2.45) is 0 Å². The van der Waals surface area contributed by atoms with Gasteiger partial charge in [0.25, 0.3) is 0 Å². The Morgan fingerprint density at radius 2 is 1.94 bits per heavy atom. The molecule has 0 fully saturated rings. The molecule has 1 aromatic carbocycles. The minimum atomic E-state index is -0.417. The van der Waals surface area contributed by atoms with Gasteiger partial charge in [-0.05, 0) is 30.7 Å². The summed E-state index contributed by atoms with van der Waals surface area (Å²) < 4.78 is 4.92. The lowest BCUT2D eigenvalue weighted by atomic mass is 10.2. The van der Waals surface area contributed by atoms with E-state index in [9.17, 15) is 9.59 Å². The number of aldehydes is 1. The first-order valence-electron chi connectivity index (χ1n) is 4.78. The van der Waals surface area contributed by atoms with Crippen molar-refractivity contribution in [3.63, 3.8) is 0 Å². The van der Waals surface area contributed by atoms with E-state index in [1.165, 1.54) is 12.3 Å². The molecule has 0 aliphatic rings. The van der Waals surface area contributed by atoms with Gasteiger partial charge in [0.05, 0.1) is 11.8 Å². The summed E-state index contributed by atoms with van der Waals surface area (Å²) in [6, 6.07) is 8.70. The van der Waals surface area contributed by atoms with E-state index in [1.54, 1.807) is 37.3 Å². The number of ether oxygens (including phenoxy) is 1. The van der Waals surface area contributed by atoms with Gasteiger partial charge in [-0.2, -0.15) is 0 Å². The smallest absolute Gasteiger partial charge is 0.342 e. The van der Waals surface area contributed by atoms with E-state index in [-0.39, 0.29) is 0 Å². The Morgan fingerprint density at radius 1 is 1.25 bits per heavy atom. The van der Waals surface area contributed by atoms with Gasteiger partial charge in [0, 0.05) is 0 Å². The molecule has 16 heavy (non-hydrogen) atoms. The number of carbonyl (C=O) groups excluding carboxylic acids is 2. The first kappa shape index (κ1) is 11.9. The molecule has 0 aliphatic heterocycles. The molecular formula is C13H12O3. The lowest BCUT2D eigenvalue weighted by molar-refractivity contribution is -0.104. The van der Waals surface area contributed by atoms with Gasteiger partial charge in [-0.25, -0.2) is 4.79 Å². The standard InChI is InChI=1S/C13H12O3/c1-11(6-5-9-14)10-16-13(15)12-7-3-2-4-8-12/h2-10H,1H3/b6-5+,11-10+. The predicted octanol–water partition coefficient (Wildman–Crippen LogP) is 2.50. The number of hydrogen-bond acceptors (Lipinski definition) is 3. The Labute approximate surface area is 94.0 Å². The van der Waals surface area contributed by atoms with Crippen molar-refractivity contribution < 1.29 is 14.3 Å². The van der Waals surface area contributed by atoms with Crippen LogP contribution in [0.3, 0.4) is 0 Å². The van der Waals surface area contributed by atoms with Crippen LogP contribution in [-0.2, 0) is 9.53 Å². The Bertz CT molecular complexity index is 416. The van der Waals surface area contributed by atoms with Gasteiger partial charge in [0.1, 0.15) is 6.29 Å². The van der Waals surface area contributed by atoms with Crippen molar-refractivity contribution in [1.82, 2.24) is 0 Å². The molecule has 0 atom stereocenters. The van der Waals surface area contributed by atoms with Crippen LogP contribution in [-0.4, -0.2) is 12.3 Å². The number of hydrogen-bond donors (Lipinski definition) is 0. The molecule has 0 heterocycles. The zero-order valence-electron chi connectivity index (χ0n) is 8.92. The van der Waals surface area contributed by atoms with Crippen LogP contribution in [0.1, 0.15) is 17.3 Å². The molecule has 0 radical (unpaired) electrons. The van der Waals surface area contributed by atoms with Crippen LogP contribution < -0.4 is 0 Å². The highest BCUT2D eigenvalue weighted by molar-refractivity contribution is 5.89. The van der Waals surface area contributed by atoms with E-state index in [0.717, 1.165) is 0 Å². The van der Waals surface area contributed by atoms with Crippen LogP contribution in [0, 0.1) is 0 Å². The summed E-state index contributed by atoms with van der Waals surface area (Å²) in [5, 5.41) is 0. The number of carbonyl (C=O) groups is 2. The molecular weight excluding hydrogens is 204 g/mol. The van der Waals surface area contributed by atoms with E-state index in [4.69, 9.17) is 4.74 Å². The van der Waals surface area contributed by atoms with Crippen LogP contribution in [0.25, 0.3) is 0 Å². The largest absolute Gasteiger partial charge is 0.431 e. The summed E-state index contributed by atoms with van der Waals surface area (Å²) in [4.78, 5) is 21.5. The summed E-state index contributed by atoms with van der Waals surface area (Å²) in [6.45, 7) is 1.73. The topological polar surface area (TPSA) is 43.4 Å². The number of allylic oxidation sites excluding steroid dienone is 3. The van der Waals surface area contributed by atoms with Crippen molar-refractivity contribution >= 4 is 12.3 Å². The molecule has 82 valence electrons. The van der Waals surface area contributed by atoms with Crippen molar-refractivity contribution in [1.29, 1.82) is 0 Å². The molecule has 3 nitrogen and oxygen atoms in total. The third-order valence-electron chi connectivity index (χ3n) is 1.80. The van der Waals surface area contributed by atoms with Gasteiger partial charge in [-0.3, -0.25) is 4.79 Å². The SMILES string of the molecule is CC(/C=C/C=O)=C\OC(=O)c1ccccc1. The summed E-state index contributed by atoms with van der Waals surface area (Å²) in [5.74, 6) is -0.417. The van der Waals surface area contributed by atoms with Gasteiger partial charge >= 0.3 is 5.97 Å². The maximum atomic E-state index is 11.5. The van der Waals surface area contributed by atoms with Crippen LogP contribution in [0.2, 0.25) is 0 Å². The fourth-order valence-electron chi connectivity index (χ4n) is 1.02. The Hall–Kier alpha value is -2.16. The molecule has 1 aromatic rings. The molecule has 1 rings (SSSR count). The first-order chi connectivity index (χ1) is 7.74. The molecule has 0 saturated heterocycles. The number of rotatable bonds is 4. The van der Waals surface area contributed by atoms with E-state index in [1.807, 2.05) is 6.07 Å². The average Bonchev–Trinajstić information content (AvgIpc) is 2.34. The van der Waals surface area contributed by atoms with E-state index >= 15 is 0 Å². The fraction of sp³-hybridized carbons (Fsp3) is 0.0769. The minimum absolute atomic E-state index is 0.417. The average molecular weight is 216 g/mol. The third kappa shape index (κ3) is 3.92. The first-order valence-corrected chi connectivity index (χ1v) is 4.78. The van der Waals surface area contributed by atoms with Gasteiger partial charge in [0.15, 0.2) is 0 Å². The second-order valence-electron chi connectivity index (χ2n) is 3.13. The highest BCUT2D eigenvalue weighted by atomic mass is 16.5. The zero-order valence-corrected chi connectivity index (χ0v) is 8.92. The van der Waals surface area contributed by atoms with Crippen LogP contribution in [0.15, 0.2) is 54.3 Å². The molecule has 0 amide bonds. The predicted molar refractivity (Wildman–Crippen MR) is 60.8 cm³/mol. The van der Waals surface area contributed by atoms with Crippen molar-refractivity contribution in [2.45, 2.75) is 6.92 Å². The Balaban J connectivity index is 2.59. The fourth-order valence-corrected chi connectivity index (χ4v) is 1.02. The number of esters is 1. The van der Waals surface area contributed by atoms with Gasteiger partial charge in [-0.15, -0.1) is 0 Å². The van der Waals surface area contributed by atoms with E-state index in [2.05, 4.69) is 0 Å². The van der Waals surface area contributed by atoms with Crippen LogP contribution >= 0.6 is 0 Å². The summed E-state index contributed by atoms with van der Waals surface area (Å²) in [5.41, 5.74) is 1.18. The van der Waals surface area contributed by atoms with E-state index < -0.39 is 5.97 Å².